The van der Waals surface area contributed by atoms with Crippen LogP contribution in [0.1, 0.15) is 35.2 Å². The van der Waals surface area contributed by atoms with Gasteiger partial charge in [-0.1, -0.05) is 12.1 Å². The highest BCUT2D eigenvalue weighted by Crippen LogP contribution is 2.20. The first-order valence-electron chi connectivity index (χ1n) is 7.56. The Hall–Kier alpha value is -2.08. The molecule has 0 aliphatic carbocycles. The highest BCUT2D eigenvalue weighted by atomic mass is 16.4. The van der Waals surface area contributed by atoms with E-state index in [0.29, 0.717) is 12.5 Å². The zero-order chi connectivity index (χ0) is 15.9. The second-order valence-electron chi connectivity index (χ2n) is 5.63. The van der Waals surface area contributed by atoms with Gasteiger partial charge in [-0.3, -0.25) is 0 Å². The predicted molar refractivity (Wildman–Crippen MR) is 81.6 cm³/mol. The van der Waals surface area contributed by atoms with Gasteiger partial charge in [0.15, 0.2) is 0 Å². The van der Waals surface area contributed by atoms with Crippen LogP contribution in [0.5, 0.6) is 0 Å². The SMILES string of the molecule is O=C(O)c1ccc(CNC(=O)N2CCC(CCCO)C2)cc1. The Morgan fingerprint density at radius 3 is 2.64 bits per heavy atom. The number of amides is 2. The van der Waals surface area contributed by atoms with Crippen LogP contribution >= 0.6 is 0 Å². The van der Waals surface area contributed by atoms with Crippen LogP contribution in [-0.2, 0) is 6.54 Å². The molecule has 2 rings (SSSR count). The molecule has 1 aliphatic rings. The van der Waals surface area contributed by atoms with Crippen molar-refractivity contribution in [1.82, 2.24) is 10.2 Å². The van der Waals surface area contributed by atoms with E-state index >= 15 is 0 Å². The van der Waals surface area contributed by atoms with Crippen LogP contribution in [0.3, 0.4) is 0 Å². The number of aromatic carboxylic acids is 1. The predicted octanol–water partition coefficient (Wildman–Crippen LogP) is 1.69. The molecule has 0 spiro atoms. The number of urea groups is 1. The number of carbonyl (C=O) groups is 2. The van der Waals surface area contributed by atoms with Crippen molar-refractivity contribution in [2.75, 3.05) is 19.7 Å². The fraction of sp³-hybridized carbons (Fsp3) is 0.500. The summed E-state index contributed by atoms with van der Waals surface area (Å²) in [7, 11) is 0. The van der Waals surface area contributed by atoms with Crippen molar-refractivity contribution in [1.29, 1.82) is 0 Å². The van der Waals surface area contributed by atoms with E-state index in [-0.39, 0.29) is 18.2 Å². The number of carboxylic acids is 1. The average molecular weight is 306 g/mol. The summed E-state index contributed by atoms with van der Waals surface area (Å²) in [4.78, 5) is 24.6. The Kier molecular flexibility index (Phi) is 5.77. The Bertz CT molecular complexity index is 515. The van der Waals surface area contributed by atoms with E-state index in [1.807, 2.05) is 0 Å². The van der Waals surface area contributed by atoms with Gasteiger partial charge in [-0.25, -0.2) is 9.59 Å². The van der Waals surface area contributed by atoms with Crippen molar-refractivity contribution >= 4 is 12.0 Å². The molecular formula is C16H22N2O4. The molecule has 0 radical (unpaired) electrons. The van der Waals surface area contributed by atoms with Crippen LogP contribution in [0.4, 0.5) is 4.79 Å². The Balaban J connectivity index is 1.77. The van der Waals surface area contributed by atoms with Gasteiger partial charge in [0, 0.05) is 26.2 Å². The maximum absolute atomic E-state index is 12.1. The molecule has 3 N–H and O–H groups in total. The van der Waals surface area contributed by atoms with Gasteiger partial charge in [-0.2, -0.15) is 0 Å². The van der Waals surface area contributed by atoms with Gasteiger partial charge in [0.2, 0.25) is 0 Å². The summed E-state index contributed by atoms with van der Waals surface area (Å²) in [6.07, 6.45) is 2.73. The molecule has 1 unspecified atom stereocenters. The number of likely N-dealkylation sites (tertiary alicyclic amines) is 1. The number of hydrogen-bond donors (Lipinski definition) is 3. The molecule has 0 aromatic heterocycles. The summed E-state index contributed by atoms with van der Waals surface area (Å²) < 4.78 is 0. The van der Waals surface area contributed by atoms with E-state index in [9.17, 15) is 9.59 Å². The first kappa shape index (κ1) is 16.3. The summed E-state index contributed by atoms with van der Waals surface area (Å²) in [5, 5.41) is 20.5. The number of hydrogen-bond acceptors (Lipinski definition) is 3. The van der Waals surface area contributed by atoms with Gasteiger partial charge in [0.1, 0.15) is 0 Å². The van der Waals surface area contributed by atoms with Crippen LogP contribution in [0.25, 0.3) is 0 Å². The third-order valence-electron chi connectivity index (χ3n) is 3.99. The summed E-state index contributed by atoms with van der Waals surface area (Å²) in [6.45, 7) is 2.08. The minimum absolute atomic E-state index is 0.0891. The van der Waals surface area contributed by atoms with E-state index in [1.165, 1.54) is 12.1 Å². The van der Waals surface area contributed by atoms with Crippen molar-refractivity contribution in [3.8, 4) is 0 Å². The second kappa shape index (κ2) is 7.79. The van der Waals surface area contributed by atoms with Crippen LogP contribution in [-0.4, -0.2) is 46.8 Å². The van der Waals surface area contributed by atoms with Gasteiger partial charge in [-0.05, 0) is 42.9 Å². The molecule has 2 amide bonds. The fourth-order valence-electron chi connectivity index (χ4n) is 2.69. The molecule has 1 aromatic rings. The first-order chi connectivity index (χ1) is 10.6. The molecule has 1 fully saturated rings. The van der Waals surface area contributed by atoms with Crippen molar-refractivity contribution in [3.63, 3.8) is 0 Å². The third kappa shape index (κ3) is 4.46. The van der Waals surface area contributed by atoms with Crippen LogP contribution in [0.15, 0.2) is 24.3 Å². The minimum atomic E-state index is -0.957. The van der Waals surface area contributed by atoms with Crippen molar-refractivity contribution in [3.05, 3.63) is 35.4 Å². The molecule has 0 saturated carbocycles. The van der Waals surface area contributed by atoms with Crippen LogP contribution < -0.4 is 5.32 Å². The summed E-state index contributed by atoms with van der Waals surface area (Å²) >= 11 is 0. The van der Waals surface area contributed by atoms with E-state index in [2.05, 4.69) is 5.32 Å². The Morgan fingerprint density at radius 1 is 1.27 bits per heavy atom. The molecule has 1 saturated heterocycles. The lowest BCUT2D eigenvalue weighted by atomic mass is 10.0. The maximum atomic E-state index is 12.1. The van der Waals surface area contributed by atoms with Gasteiger partial charge in [0.05, 0.1) is 5.56 Å². The van der Waals surface area contributed by atoms with Gasteiger partial charge >= 0.3 is 12.0 Å². The van der Waals surface area contributed by atoms with E-state index in [4.69, 9.17) is 10.2 Å². The molecule has 22 heavy (non-hydrogen) atoms. The third-order valence-corrected chi connectivity index (χ3v) is 3.99. The molecular weight excluding hydrogens is 284 g/mol. The number of rotatable bonds is 6. The second-order valence-corrected chi connectivity index (χ2v) is 5.63. The first-order valence-corrected chi connectivity index (χ1v) is 7.56. The van der Waals surface area contributed by atoms with Crippen LogP contribution in [0.2, 0.25) is 0 Å². The largest absolute Gasteiger partial charge is 0.478 e. The fourth-order valence-corrected chi connectivity index (χ4v) is 2.69. The van der Waals surface area contributed by atoms with E-state index < -0.39 is 5.97 Å². The Labute approximate surface area is 129 Å². The zero-order valence-electron chi connectivity index (χ0n) is 12.5. The number of aliphatic hydroxyl groups excluding tert-OH is 1. The Morgan fingerprint density at radius 2 is 2.00 bits per heavy atom. The molecule has 1 aromatic carbocycles. The number of carbonyl (C=O) groups excluding carboxylic acids is 1. The summed E-state index contributed by atoms with van der Waals surface area (Å²) in [6, 6.07) is 6.39. The molecule has 1 atom stereocenters. The average Bonchev–Trinajstić information content (AvgIpc) is 3.00. The highest BCUT2D eigenvalue weighted by molar-refractivity contribution is 5.87. The molecule has 1 heterocycles. The quantitative estimate of drug-likeness (QED) is 0.746. The molecule has 0 bridgehead atoms. The van der Waals surface area contributed by atoms with Crippen molar-refractivity contribution < 1.29 is 19.8 Å². The topological polar surface area (TPSA) is 89.9 Å². The van der Waals surface area contributed by atoms with Crippen molar-refractivity contribution in [2.45, 2.75) is 25.8 Å². The lowest BCUT2D eigenvalue weighted by Crippen LogP contribution is -2.38. The van der Waals surface area contributed by atoms with Gasteiger partial charge < -0.3 is 20.4 Å². The molecule has 6 heteroatoms. The number of nitrogens with one attached hydrogen (secondary N) is 1. The maximum Gasteiger partial charge on any atom is 0.335 e. The van der Waals surface area contributed by atoms with Gasteiger partial charge in [-0.15, -0.1) is 0 Å². The smallest absolute Gasteiger partial charge is 0.335 e. The number of carboxylic acid groups (broad SMARTS) is 1. The standard InChI is InChI=1S/C16H22N2O4/c19-9-1-2-13-7-8-18(11-13)16(22)17-10-12-3-5-14(6-4-12)15(20)21/h3-6,13,19H,1-2,7-11H2,(H,17,22)(H,20,21). The molecule has 120 valence electrons. The highest BCUT2D eigenvalue weighted by Gasteiger charge is 2.25. The molecule has 6 nitrogen and oxygen atoms in total. The van der Waals surface area contributed by atoms with E-state index in [0.717, 1.165) is 37.9 Å². The van der Waals surface area contributed by atoms with Crippen LogP contribution in [0, 0.1) is 5.92 Å². The lowest BCUT2D eigenvalue weighted by Gasteiger charge is -2.17. The monoisotopic (exact) mass is 306 g/mol. The van der Waals surface area contributed by atoms with Crippen molar-refractivity contribution in [2.24, 2.45) is 5.92 Å². The van der Waals surface area contributed by atoms with E-state index in [1.54, 1.807) is 17.0 Å². The lowest BCUT2D eigenvalue weighted by molar-refractivity contribution is 0.0697. The number of benzene rings is 1. The number of nitrogens with zero attached hydrogens (tertiary/aromatic N) is 1. The zero-order valence-corrected chi connectivity index (χ0v) is 12.5. The number of aliphatic hydroxyl groups is 1. The summed E-state index contributed by atoms with van der Waals surface area (Å²) in [5.74, 6) is -0.477. The normalized spacial score (nSPS) is 17.5. The molecule has 1 aliphatic heterocycles. The minimum Gasteiger partial charge on any atom is -0.478 e. The van der Waals surface area contributed by atoms with Gasteiger partial charge in [0.25, 0.3) is 0 Å². The summed E-state index contributed by atoms with van der Waals surface area (Å²) in [5.41, 5.74) is 1.11.